The Morgan fingerprint density at radius 3 is 2.00 bits per heavy atom. The minimum absolute atomic E-state index is 0.333. The second-order valence-corrected chi connectivity index (χ2v) is 4.11. The third kappa shape index (κ3) is 6.19. The summed E-state index contributed by atoms with van der Waals surface area (Å²) in [5, 5.41) is 0. The first-order chi connectivity index (χ1) is 7.49. The molecule has 90 valence electrons. The summed E-state index contributed by atoms with van der Waals surface area (Å²) in [6, 6.07) is 10.5. The van der Waals surface area contributed by atoms with E-state index in [4.69, 9.17) is 5.73 Å². The average Bonchev–Trinajstić information content (AvgIpc) is 2.19. The minimum atomic E-state index is -0.333. The Balaban J connectivity index is 0.000000487. The molecular formula is C13H22N2O. The van der Waals surface area contributed by atoms with E-state index in [1.165, 1.54) is 12.5 Å². The summed E-state index contributed by atoms with van der Waals surface area (Å²) in [6.45, 7) is 6.47. The first-order valence-corrected chi connectivity index (χ1v) is 5.50. The lowest BCUT2D eigenvalue weighted by Crippen LogP contribution is -2.17. The number of primary amides is 1. The summed E-state index contributed by atoms with van der Waals surface area (Å²) in [5.41, 5.74) is 11.5. The van der Waals surface area contributed by atoms with Gasteiger partial charge in [-0.25, -0.2) is 0 Å². The predicted octanol–water partition coefficient (Wildman–Crippen LogP) is 1.88. The van der Waals surface area contributed by atoms with Crippen LogP contribution in [0.5, 0.6) is 0 Å². The lowest BCUT2D eigenvalue weighted by molar-refractivity contribution is -0.115. The van der Waals surface area contributed by atoms with Crippen molar-refractivity contribution in [2.75, 3.05) is 6.54 Å². The highest BCUT2D eigenvalue weighted by molar-refractivity contribution is 5.70. The summed E-state index contributed by atoms with van der Waals surface area (Å²) >= 11 is 0. The Bertz CT molecular complexity index is 292. The van der Waals surface area contributed by atoms with Crippen LogP contribution in [-0.2, 0) is 4.79 Å². The molecule has 0 aromatic heterocycles. The predicted molar refractivity (Wildman–Crippen MR) is 67.9 cm³/mol. The molecule has 1 amide bonds. The van der Waals surface area contributed by atoms with Crippen molar-refractivity contribution in [1.29, 1.82) is 0 Å². The third-order valence-corrected chi connectivity index (χ3v) is 2.29. The Morgan fingerprint density at radius 2 is 1.69 bits per heavy atom. The number of rotatable bonds is 3. The molecule has 1 rings (SSSR count). The highest BCUT2D eigenvalue weighted by atomic mass is 16.1. The molecule has 0 saturated heterocycles. The average molecular weight is 222 g/mol. The van der Waals surface area contributed by atoms with Crippen molar-refractivity contribution in [1.82, 2.24) is 0 Å². The van der Waals surface area contributed by atoms with E-state index in [1.54, 1.807) is 0 Å². The van der Waals surface area contributed by atoms with Crippen molar-refractivity contribution >= 4 is 5.91 Å². The second-order valence-electron chi connectivity index (χ2n) is 4.11. The standard InChI is InChI=1S/C11H17N.C2H5NO/c1-9(2)11(8-12)10-6-4-3-5-7-10;1-2(3)4/h3-7,9,11H,8,12H2,1-2H3;1H3,(H2,3,4). The van der Waals surface area contributed by atoms with Crippen LogP contribution in [0.1, 0.15) is 32.3 Å². The van der Waals surface area contributed by atoms with E-state index < -0.39 is 0 Å². The Labute approximate surface area is 97.8 Å². The fraction of sp³-hybridized carbons (Fsp3) is 0.462. The van der Waals surface area contributed by atoms with Gasteiger partial charge in [-0.05, 0) is 23.9 Å². The van der Waals surface area contributed by atoms with Crippen LogP contribution in [-0.4, -0.2) is 12.5 Å². The smallest absolute Gasteiger partial charge is 0.214 e. The lowest BCUT2D eigenvalue weighted by Gasteiger charge is -2.18. The number of benzene rings is 1. The molecule has 3 nitrogen and oxygen atoms in total. The number of amides is 1. The molecule has 0 aliphatic carbocycles. The zero-order chi connectivity index (χ0) is 12.6. The van der Waals surface area contributed by atoms with Gasteiger partial charge < -0.3 is 11.5 Å². The highest BCUT2D eigenvalue weighted by Gasteiger charge is 2.12. The Kier molecular flexibility index (Phi) is 7.21. The van der Waals surface area contributed by atoms with Crippen LogP contribution in [0.3, 0.4) is 0 Å². The van der Waals surface area contributed by atoms with Crippen molar-refractivity contribution in [2.45, 2.75) is 26.7 Å². The van der Waals surface area contributed by atoms with E-state index in [0.29, 0.717) is 11.8 Å². The van der Waals surface area contributed by atoms with Crippen LogP contribution in [0, 0.1) is 5.92 Å². The summed E-state index contributed by atoms with van der Waals surface area (Å²) < 4.78 is 0. The van der Waals surface area contributed by atoms with Crippen LogP contribution in [0.15, 0.2) is 30.3 Å². The Hall–Kier alpha value is -1.35. The van der Waals surface area contributed by atoms with Crippen LogP contribution in [0.25, 0.3) is 0 Å². The normalized spacial score (nSPS) is 11.6. The van der Waals surface area contributed by atoms with E-state index in [2.05, 4.69) is 43.8 Å². The molecule has 0 spiro atoms. The van der Waals surface area contributed by atoms with E-state index in [0.717, 1.165) is 6.54 Å². The maximum absolute atomic E-state index is 9.22. The molecular weight excluding hydrogens is 200 g/mol. The van der Waals surface area contributed by atoms with Gasteiger partial charge in [0.25, 0.3) is 0 Å². The topological polar surface area (TPSA) is 69.1 Å². The fourth-order valence-corrected chi connectivity index (χ4v) is 1.49. The molecule has 1 unspecified atom stereocenters. The van der Waals surface area contributed by atoms with Crippen LogP contribution in [0.2, 0.25) is 0 Å². The maximum Gasteiger partial charge on any atom is 0.214 e. The van der Waals surface area contributed by atoms with Crippen molar-refractivity contribution in [3.63, 3.8) is 0 Å². The van der Waals surface area contributed by atoms with Gasteiger partial charge in [0.05, 0.1) is 0 Å². The molecule has 1 aromatic rings. The molecule has 0 aliphatic heterocycles. The zero-order valence-corrected chi connectivity index (χ0v) is 10.3. The number of carbonyl (C=O) groups is 1. The van der Waals surface area contributed by atoms with Crippen molar-refractivity contribution < 1.29 is 4.79 Å². The SMILES string of the molecule is CC(C)C(CN)c1ccccc1.CC(N)=O. The van der Waals surface area contributed by atoms with E-state index in [1.807, 2.05) is 6.07 Å². The lowest BCUT2D eigenvalue weighted by atomic mass is 9.89. The van der Waals surface area contributed by atoms with Gasteiger partial charge in [0, 0.05) is 6.92 Å². The zero-order valence-electron chi connectivity index (χ0n) is 10.3. The number of carbonyl (C=O) groups excluding carboxylic acids is 1. The molecule has 0 radical (unpaired) electrons. The largest absolute Gasteiger partial charge is 0.370 e. The molecule has 3 heteroatoms. The molecule has 1 aromatic carbocycles. The first-order valence-electron chi connectivity index (χ1n) is 5.50. The monoisotopic (exact) mass is 222 g/mol. The van der Waals surface area contributed by atoms with Gasteiger partial charge in [-0.15, -0.1) is 0 Å². The number of hydrogen-bond donors (Lipinski definition) is 2. The first kappa shape index (κ1) is 14.6. The second kappa shape index (κ2) is 7.88. The van der Waals surface area contributed by atoms with Gasteiger partial charge in [0.1, 0.15) is 0 Å². The summed E-state index contributed by atoms with van der Waals surface area (Å²) in [7, 11) is 0. The van der Waals surface area contributed by atoms with Gasteiger partial charge >= 0.3 is 0 Å². The van der Waals surface area contributed by atoms with Crippen molar-refractivity contribution in [3.05, 3.63) is 35.9 Å². The number of hydrogen-bond acceptors (Lipinski definition) is 2. The molecule has 0 fully saturated rings. The molecule has 1 atom stereocenters. The van der Waals surface area contributed by atoms with Crippen LogP contribution in [0.4, 0.5) is 0 Å². The fourth-order valence-electron chi connectivity index (χ4n) is 1.49. The minimum Gasteiger partial charge on any atom is -0.370 e. The molecule has 0 heterocycles. The summed E-state index contributed by atoms with van der Waals surface area (Å²) in [5.74, 6) is 0.795. The van der Waals surface area contributed by atoms with Crippen molar-refractivity contribution in [2.24, 2.45) is 17.4 Å². The quantitative estimate of drug-likeness (QED) is 0.819. The molecule has 16 heavy (non-hydrogen) atoms. The van der Waals surface area contributed by atoms with Crippen LogP contribution >= 0.6 is 0 Å². The van der Waals surface area contributed by atoms with Gasteiger partial charge in [0.15, 0.2) is 0 Å². The van der Waals surface area contributed by atoms with Gasteiger partial charge in [-0.3, -0.25) is 4.79 Å². The third-order valence-electron chi connectivity index (χ3n) is 2.29. The van der Waals surface area contributed by atoms with E-state index in [9.17, 15) is 4.79 Å². The summed E-state index contributed by atoms with van der Waals surface area (Å²) in [4.78, 5) is 9.22. The van der Waals surface area contributed by atoms with Gasteiger partial charge in [-0.2, -0.15) is 0 Å². The van der Waals surface area contributed by atoms with E-state index in [-0.39, 0.29) is 5.91 Å². The van der Waals surface area contributed by atoms with E-state index >= 15 is 0 Å². The molecule has 0 aliphatic rings. The molecule has 0 saturated carbocycles. The summed E-state index contributed by atoms with van der Waals surface area (Å²) in [6.07, 6.45) is 0. The van der Waals surface area contributed by atoms with Gasteiger partial charge in [-0.1, -0.05) is 44.2 Å². The molecule has 4 N–H and O–H groups in total. The highest BCUT2D eigenvalue weighted by Crippen LogP contribution is 2.22. The Morgan fingerprint density at radius 1 is 1.25 bits per heavy atom. The van der Waals surface area contributed by atoms with Crippen molar-refractivity contribution in [3.8, 4) is 0 Å². The van der Waals surface area contributed by atoms with Gasteiger partial charge in [0.2, 0.25) is 5.91 Å². The maximum atomic E-state index is 9.22. The van der Waals surface area contributed by atoms with Crippen LogP contribution < -0.4 is 11.5 Å². The number of nitrogens with two attached hydrogens (primary N) is 2. The molecule has 0 bridgehead atoms.